The Balaban J connectivity index is 1.51. The number of amides is 4. The van der Waals surface area contributed by atoms with E-state index in [0.29, 0.717) is 40.8 Å². The molecule has 1 saturated heterocycles. The summed E-state index contributed by atoms with van der Waals surface area (Å²) in [5, 5.41) is 5.74. The van der Waals surface area contributed by atoms with Gasteiger partial charge in [0.2, 0.25) is 27.7 Å². The van der Waals surface area contributed by atoms with Gasteiger partial charge in [-0.2, -0.15) is 0 Å². The molecule has 294 valence electrons. The molecule has 1 saturated carbocycles. The van der Waals surface area contributed by atoms with Gasteiger partial charge in [0, 0.05) is 29.6 Å². The molecule has 3 heterocycles. The van der Waals surface area contributed by atoms with Crippen LogP contribution in [0.5, 0.6) is 11.6 Å². The molecule has 3 aromatic rings. The fourth-order valence-electron chi connectivity index (χ4n) is 6.03. The molecule has 16 nitrogen and oxygen atoms in total. The van der Waals surface area contributed by atoms with Gasteiger partial charge in [-0.25, -0.2) is 22.9 Å². The Kier molecular flexibility index (Phi) is 11.8. The molecule has 4 amide bonds. The number of allylic oxidation sites excluding steroid dienone is 2. The van der Waals surface area contributed by atoms with Gasteiger partial charge in [-0.1, -0.05) is 51.6 Å². The van der Waals surface area contributed by atoms with E-state index >= 15 is 0 Å². The maximum absolute atomic E-state index is 14.5. The van der Waals surface area contributed by atoms with Crippen LogP contribution < -0.4 is 24.8 Å². The van der Waals surface area contributed by atoms with Crippen LogP contribution in [0.15, 0.2) is 67.3 Å². The molecular weight excluding hydrogens is 731 g/mol. The molecule has 0 bridgehead atoms. The van der Waals surface area contributed by atoms with Crippen LogP contribution >= 0.6 is 0 Å². The minimum Gasteiger partial charge on any atom is -0.494 e. The average Bonchev–Trinajstić information content (AvgIpc) is 3.90. The molecular formula is C38H47N7O9S. The number of sulfonamides is 1. The predicted molar refractivity (Wildman–Crippen MR) is 203 cm³/mol. The first-order valence-electron chi connectivity index (χ1n) is 17.7. The standard InChI is InChI=1S/C38H47N7O9S/c1-9-12-26(32(46)44-55(50,51)23-15-16-23)41-33(47)28-19-22(21-45(28)35(48)31(37(2,3)4)43-36(49)54-38(5,6)7)53-34-25-14-11-10-13-24(25)30(52-8)29(42-34)27-20-39-17-18-40-27/h9-14,17-18,20,22-23,28,31H,1,15-16,19,21H2,2-8H3,(H,41,47)(H,43,49)(H,44,46)/b26-12+/t22-,28+,31-/m1/s1. The number of methoxy groups -OCH3 is 1. The molecule has 5 rings (SSSR count). The number of carbonyl (C=O) groups excluding carboxylic acids is 4. The largest absolute Gasteiger partial charge is 0.494 e. The maximum atomic E-state index is 14.5. The Bertz CT molecular complexity index is 2110. The molecule has 0 unspecified atom stereocenters. The van der Waals surface area contributed by atoms with Crippen molar-refractivity contribution in [2.45, 2.75) is 89.8 Å². The summed E-state index contributed by atoms with van der Waals surface area (Å²) in [7, 11) is -2.44. The second kappa shape index (κ2) is 16.0. The van der Waals surface area contributed by atoms with E-state index in [1.54, 1.807) is 53.7 Å². The van der Waals surface area contributed by atoms with Gasteiger partial charge in [-0.05, 0) is 51.2 Å². The first-order chi connectivity index (χ1) is 25.8. The molecule has 2 aromatic heterocycles. The molecule has 1 aromatic carbocycles. The lowest BCUT2D eigenvalue weighted by atomic mass is 9.85. The molecule has 2 fully saturated rings. The number of hydrogen-bond donors (Lipinski definition) is 3. The molecule has 1 aliphatic heterocycles. The lowest BCUT2D eigenvalue weighted by Gasteiger charge is -2.35. The quantitative estimate of drug-likeness (QED) is 0.177. The van der Waals surface area contributed by atoms with E-state index in [0.717, 1.165) is 6.08 Å². The van der Waals surface area contributed by atoms with E-state index in [4.69, 9.17) is 19.2 Å². The minimum atomic E-state index is -3.96. The van der Waals surface area contributed by atoms with Crippen molar-refractivity contribution >= 4 is 44.6 Å². The highest BCUT2D eigenvalue weighted by Crippen LogP contribution is 2.40. The number of rotatable bonds is 12. The fourth-order valence-corrected chi connectivity index (χ4v) is 7.32. The van der Waals surface area contributed by atoms with Crippen LogP contribution in [0.3, 0.4) is 0 Å². The SMILES string of the molecule is C=C/C=C(/NC(=O)[C@@H]1C[C@@H](Oc2nc(-c3cnccn3)c(OC)c3ccccc23)CN1C(=O)[C@@H](NC(=O)OC(C)(C)C)C(C)(C)C)C(=O)NS(=O)(=O)C1CC1. The van der Waals surface area contributed by atoms with Gasteiger partial charge < -0.3 is 29.7 Å². The highest BCUT2D eigenvalue weighted by Gasteiger charge is 2.47. The number of nitrogens with zero attached hydrogens (tertiary/aromatic N) is 4. The second-order valence-electron chi connectivity index (χ2n) is 15.3. The number of alkyl carbamates (subject to hydrolysis) is 1. The van der Waals surface area contributed by atoms with Gasteiger partial charge in [0.1, 0.15) is 40.9 Å². The average molecular weight is 778 g/mol. The Morgan fingerprint density at radius 3 is 2.31 bits per heavy atom. The third-order valence-corrected chi connectivity index (χ3v) is 10.5. The van der Waals surface area contributed by atoms with Gasteiger partial charge in [0.25, 0.3) is 5.91 Å². The molecule has 3 N–H and O–H groups in total. The zero-order valence-electron chi connectivity index (χ0n) is 31.9. The van der Waals surface area contributed by atoms with E-state index in [1.165, 1.54) is 36.7 Å². The highest BCUT2D eigenvalue weighted by atomic mass is 32.2. The summed E-state index contributed by atoms with van der Waals surface area (Å²) in [4.78, 5) is 69.4. The summed E-state index contributed by atoms with van der Waals surface area (Å²) in [5.41, 5.74) is -1.34. The highest BCUT2D eigenvalue weighted by molar-refractivity contribution is 7.91. The van der Waals surface area contributed by atoms with Gasteiger partial charge >= 0.3 is 6.09 Å². The lowest BCUT2D eigenvalue weighted by Crippen LogP contribution is -2.58. The van der Waals surface area contributed by atoms with Crippen LogP contribution in [-0.4, -0.2) is 94.8 Å². The van der Waals surface area contributed by atoms with Crippen molar-refractivity contribution in [1.82, 2.24) is 35.2 Å². The summed E-state index contributed by atoms with van der Waals surface area (Å²) in [6.45, 7) is 13.8. The van der Waals surface area contributed by atoms with Crippen LogP contribution in [-0.2, 0) is 29.1 Å². The number of aromatic nitrogens is 3. The van der Waals surface area contributed by atoms with Crippen LogP contribution in [0.1, 0.15) is 60.8 Å². The fraction of sp³-hybridized carbons (Fsp3) is 0.447. The summed E-state index contributed by atoms with van der Waals surface area (Å²) in [6, 6.07) is 4.83. The molecule has 0 spiro atoms. The van der Waals surface area contributed by atoms with E-state index < -0.39 is 74.0 Å². The summed E-state index contributed by atoms with van der Waals surface area (Å²) < 4.78 is 44.9. The summed E-state index contributed by atoms with van der Waals surface area (Å²) in [6.07, 6.45) is 6.05. The molecule has 2 aliphatic rings. The molecule has 17 heteroatoms. The van der Waals surface area contributed by atoms with Crippen LogP contribution in [0.4, 0.5) is 4.79 Å². The van der Waals surface area contributed by atoms with Gasteiger partial charge in [-0.15, -0.1) is 0 Å². The third kappa shape index (κ3) is 9.75. The van der Waals surface area contributed by atoms with Crippen LogP contribution in [0.25, 0.3) is 22.2 Å². The maximum Gasteiger partial charge on any atom is 0.408 e. The van der Waals surface area contributed by atoms with Gasteiger partial charge in [0.05, 0.1) is 25.1 Å². The summed E-state index contributed by atoms with van der Waals surface area (Å²) >= 11 is 0. The van der Waals surface area contributed by atoms with E-state index in [-0.39, 0.29) is 18.8 Å². The second-order valence-corrected chi connectivity index (χ2v) is 17.3. The Hall–Kier alpha value is -5.58. The van der Waals surface area contributed by atoms with Crippen molar-refractivity contribution < 1.29 is 41.8 Å². The van der Waals surface area contributed by atoms with Crippen molar-refractivity contribution in [1.29, 1.82) is 0 Å². The monoisotopic (exact) mass is 777 g/mol. The summed E-state index contributed by atoms with van der Waals surface area (Å²) in [5.74, 6) is -1.87. The van der Waals surface area contributed by atoms with E-state index in [2.05, 4.69) is 27.2 Å². The Morgan fingerprint density at radius 2 is 1.73 bits per heavy atom. The van der Waals surface area contributed by atoms with Crippen molar-refractivity contribution in [3.05, 3.63) is 67.3 Å². The zero-order valence-corrected chi connectivity index (χ0v) is 32.7. The predicted octanol–water partition coefficient (Wildman–Crippen LogP) is 3.78. The molecule has 1 aliphatic carbocycles. The van der Waals surface area contributed by atoms with E-state index in [1.807, 2.05) is 16.9 Å². The zero-order chi connectivity index (χ0) is 40.3. The smallest absolute Gasteiger partial charge is 0.408 e. The number of likely N-dealkylation sites (tertiary alicyclic amines) is 1. The van der Waals surface area contributed by atoms with Gasteiger partial charge in [-0.3, -0.25) is 24.4 Å². The molecule has 3 atom stereocenters. The van der Waals surface area contributed by atoms with E-state index in [9.17, 15) is 27.6 Å². The normalized spacial score (nSPS) is 18.2. The van der Waals surface area contributed by atoms with Gasteiger partial charge in [0.15, 0.2) is 5.75 Å². The van der Waals surface area contributed by atoms with Crippen molar-refractivity contribution in [2.24, 2.45) is 5.41 Å². The number of benzene rings is 1. The van der Waals surface area contributed by atoms with Crippen LogP contribution in [0.2, 0.25) is 0 Å². The number of hydrogen-bond acceptors (Lipinski definition) is 12. The number of fused-ring (bicyclic) bond motifs is 1. The number of nitrogens with one attached hydrogen (secondary N) is 3. The first kappa shape index (κ1) is 40.6. The first-order valence-corrected chi connectivity index (χ1v) is 19.3. The number of carbonyl (C=O) groups is 4. The van der Waals surface area contributed by atoms with Crippen molar-refractivity contribution in [3.8, 4) is 23.0 Å². The Labute approximate surface area is 320 Å². The van der Waals surface area contributed by atoms with Crippen molar-refractivity contribution in [2.75, 3.05) is 13.7 Å². The topological polar surface area (TPSA) is 208 Å². The lowest BCUT2D eigenvalue weighted by molar-refractivity contribution is -0.142. The van der Waals surface area contributed by atoms with Crippen LogP contribution in [0, 0.1) is 5.41 Å². The molecule has 0 radical (unpaired) electrons. The van der Waals surface area contributed by atoms with Crippen molar-refractivity contribution in [3.63, 3.8) is 0 Å². The molecule has 55 heavy (non-hydrogen) atoms. The Morgan fingerprint density at radius 1 is 1.04 bits per heavy atom. The number of pyridine rings is 1. The third-order valence-electron chi connectivity index (χ3n) is 8.73. The minimum absolute atomic E-state index is 0.0766. The number of ether oxygens (including phenoxy) is 3.